The Balaban J connectivity index is 1.41. The van der Waals surface area contributed by atoms with Crippen LogP contribution in [0.3, 0.4) is 0 Å². The molecule has 1 N–H and O–H groups in total. The Bertz CT molecular complexity index is 765. The number of imidazole rings is 1. The van der Waals surface area contributed by atoms with Crippen molar-refractivity contribution in [2.45, 2.75) is 45.7 Å². The maximum atomic E-state index is 12.1. The van der Waals surface area contributed by atoms with Crippen LogP contribution in [0.5, 0.6) is 0 Å². The van der Waals surface area contributed by atoms with Crippen LogP contribution in [-0.4, -0.2) is 33.5 Å². The molecule has 0 aromatic carbocycles. The maximum Gasteiger partial charge on any atom is 0.223 e. The second kappa shape index (κ2) is 6.86. The SMILES string of the molecule is Cc1cccc(N2CCc3ncc(CNC(=O)C4CCC4)n3CC2)n1. The van der Waals surface area contributed by atoms with Crippen LogP contribution < -0.4 is 10.2 Å². The fourth-order valence-electron chi connectivity index (χ4n) is 3.56. The zero-order valence-electron chi connectivity index (χ0n) is 14.7. The van der Waals surface area contributed by atoms with Gasteiger partial charge in [-0.2, -0.15) is 0 Å². The van der Waals surface area contributed by atoms with Crippen LogP contribution in [0.1, 0.15) is 36.5 Å². The first-order valence-electron chi connectivity index (χ1n) is 9.20. The molecule has 6 nitrogen and oxygen atoms in total. The number of nitrogens with one attached hydrogen (secondary N) is 1. The highest BCUT2D eigenvalue weighted by molar-refractivity contribution is 5.79. The van der Waals surface area contributed by atoms with Gasteiger partial charge in [0.15, 0.2) is 0 Å². The molecule has 0 atom stereocenters. The lowest BCUT2D eigenvalue weighted by Gasteiger charge is -2.24. The largest absolute Gasteiger partial charge is 0.354 e. The molecular weight excluding hydrogens is 314 g/mol. The second-order valence-electron chi connectivity index (χ2n) is 7.04. The molecule has 0 radical (unpaired) electrons. The Morgan fingerprint density at radius 2 is 2.16 bits per heavy atom. The zero-order chi connectivity index (χ0) is 17.2. The van der Waals surface area contributed by atoms with Gasteiger partial charge in [0.25, 0.3) is 0 Å². The molecule has 3 heterocycles. The van der Waals surface area contributed by atoms with Gasteiger partial charge in [0, 0.05) is 37.7 Å². The van der Waals surface area contributed by atoms with Gasteiger partial charge in [-0.25, -0.2) is 9.97 Å². The monoisotopic (exact) mass is 339 g/mol. The van der Waals surface area contributed by atoms with Gasteiger partial charge in [-0.15, -0.1) is 0 Å². The fourth-order valence-corrected chi connectivity index (χ4v) is 3.56. The van der Waals surface area contributed by atoms with Crippen LogP contribution in [0.2, 0.25) is 0 Å². The maximum absolute atomic E-state index is 12.1. The van der Waals surface area contributed by atoms with E-state index in [0.717, 1.165) is 61.9 Å². The minimum absolute atomic E-state index is 0.195. The standard InChI is InChI=1S/C19H25N5O/c1-14-4-2-7-18(22-14)23-9-8-17-20-12-16(24(17)11-10-23)13-21-19(25)15-5-3-6-15/h2,4,7,12,15H,3,5-6,8-11,13H2,1H3,(H,21,25). The molecule has 0 unspecified atom stereocenters. The molecule has 1 fully saturated rings. The van der Waals surface area contributed by atoms with Crippen molar-refractivity contribution in [3.63, 3.8) is 0 Å². The lowest BCUT2D eigenvalue weighted by atomic mass is 9.85. The molecule has 0 spiro atoms. The van der Waals surface area contributed by atoms with E-state index in [0.29, 0.717) is 6.54 Å². The number of amides is 1. The summed E-state index contributed by atoms with van der Waals surface area (Å²) in [5.74, 6) is 2.56. The van der Waals surface area contributed by atoms with Crippen molar-refractivity contribution in [1.82, 2.24) is 19.9 Å². The number of hydrogen-bond acceptors (Lipinski definition) is 4. The summed E-state index contributed by atoms with van der Waals surface area (Å²) in [6.45, 7) is 5.30. The molecule has 0 bridgehead atoms. The molecule has 4 rings (SSSR count). The minimum Gasteiger partial charge on any atom is -0.354 e. The van der Waals surface area contributed by atoms with Crippen LogP contribution in [0, 0.1) is 12.8 Å². The summed E-state index contributed by atoms with van der Waals surface area (Å²) in [5.41, 5.74) is 2.14. The zero-order valence-corrected chi connectivity index (χ0v) is 14.7. The van der Waals surface area contributed by atoms with Crippen LogP contribution in [0.4, 0.5) is 5.82 Å². The van der Waals surface area contributed by atoms with E-state index in [-0.39, 0.29) is 11.8 Å². The van der Waals surface area contributed by atoms with E-state index < -0.39 is 0 Å². The lowest BCUT2D eigenvalue weighted by molar-refractivity contribution is -0.127. The fraction of sp³-hybridized carbons (Fsp3) is 0.526. The van der Waals surface area contributed by atoms with Gasteiger partial charge in [0.1, 0.15) is 11.6 Å². The van der Waals surface area contributed by atoms with Crippen LogP contribution >= 0.6 is 0 Å². The molecule has 2 aromatic rings. The molecule has 0 saturated heterocycles. The molecule has 1 aliphatic heterocycles. The number of aryl methyl sites for hydroxylation is 1. The smallest absolute Gasteiger partial charge is 0.223 e. The Kier molecular flexibility index (Phi) is 4.42. The number of carbonyl (C=O) groups excluding carboxylic acids is 1. The van der Waals surface area contributed by atoms with E-state index in [1.165, 1.54) is 6.42 Å². The van der Waals surface area contributed by atoms with E-state index in [2.05, 4.69) is 36.9 Å². The number of pyridine rings is 1. The normalized spacial score (nSPS) is 17.6. The quantitative estimate of drug-likeness (QED) is 0.926. The summed E-state index contributed by atoms with van der Waals surface area (Å²) >= 11 is 0. The van der Waals surface area contributed by atoms with Gasteiger partial charge in [-0.1, -0.05) is 12.5 Å². The molecule has 132 valence electrons. The molecule has 2 aliphatic rings. The number of aromatic nitrogens is 3. The number of hydrogen-bond donors (Lipinski definition) is 1. The van der Waals surface area contributed by atoms with Crippen molar-refractivity contribution in [2.75, 3.05) is 18.0 Å². The Labute approximate surface area is 148 Å². The van der Waals surface area contributed by atoms with Crippen molar-refractivity contribution in [1.29, 1.82) is 0 Å². The molecule has 1 aliphatic carbocycles. The minimum atomic E-state index is 0.195. The predicted molar refractivity (Wildman–Crippen MR) is 96.3 cm³/mol. The van der Waals surface area contributed by atoms with Crippen molar-refractivity contribution in [2.24, 2.45) is 5.92 Å². The Morgan fingerprint density at radius 1 is 1.28 bits per heavy atom. The summed E-state index contributed by atoms with van der Waals surface area (Å²) in [4.78, 5) is 23.6. The third-order valence-electron chi connectivity index (χ3n) is 5.34. The predicted octanol–water partition coefficient (Wildman–Crippen LogP) is 2.07. The molecular formula is C19H25N5O. The topological polar surface area (TPSA) is 63.1 Å². The average molecular weight is 339 g/mol. The number of fused-ring (bicyclic) bond motifs is 1. The van der Waals surface area contributed by atoms with Gasteiger partial charge in [-0.3, -0.25) is 4.79 Å². The summed E-state index contributed by atoms with van der Waals surface area (Å²) < 4.78 is 2.26. The summed E-state index contributed by atoms with van der Waals surface area (Å²) in [5, 5.41) is 3.08. The highest BCUT2D eigenvalue weighted by Crippen LogP contribution is 2.26. The second-order valence-corrected chi connectivity index (χ2v) is 7.04. The summed E-state index contributed by atoms with van der Waals surface area (Å²) in [6.07, 6.45) is 6.07. The lowest BCUT2D eigenvalue weighted by Crippen LogP contribution is -2.34. The van der Waals surface area contributed by atoms with Gasteiger partial charge in [-0.05, 0) is 31.9 Å². The van der Waals surface area contributed by atoms with Crippen molar-refractivity contribution in [3.05, 3.63) is 41.6 Å². The van der Waals surface area contributed by atoms with Gasteiger partial charge in [0.05, 0.1) is 18.4 Å². The third-order valence-corrected chi connectivity index (χ3v) is 5.34. The highest BCUT2D eigenvalue weighted by Gasteiger charge is 2.25. The van der Waals surface area contributed by atoms with Gasteiger partial charge < -0.3 is 14.8 Å². The number of nitrogens with zero attached hydrogens (tertiary/aromatic N) is 4. The number of carbonyl (C=O) groups is 1. The van der Waals surface area contributed by atoms with E-state index in [4.69, 9.17) is 0 Å². The van der Waals surface area contributed by atoms with E-state index >= 15 is 0 Å². The van der Waals surface area contributed by atoms with E-state index in [1.54, 1.807) is 0 Å². The molecule has 1 saturated carbocycles. The Hall–Kier alpha value is -2.37. The van der Waals surface area contributed by atoms with Crippen LogP contribution in [-0.2, 0) is 24.3 Å². The van der Waals surface area contributed by atoms with Crippen LogP contribution in [0.25, 0.3) is 0 Å². The Morgan fingerprint density at radius 3 is 2.92 bits per heavy atom. The first kappa shape index (κ1) is 16.1. The summed E-state index contributed by atoms with van der Waals surface area (Å²) in [7, 11) is 0. The molecule has 1 amide bonds. The molecule has 25 heavy (non-hydrogen) atoms. The van der Waals surface area contributed by atoms with E-state index in [1.807, 2.05) is 19.2 Å². The first-order chi connectivity index (χ1) is 12.2. The van der Waals surface area contributed by atoms with Crippen LogP contribution in [0.15, 0.2) is 24.4 Å². The van der Waals surface area contributed by atoms with E-state index in [9.17, 15) is 4.79 Å². The van der Waals surface area contributed by atoms with Crippen molar-refractivity contribution >= 4 is 11.7 Å². The van der Waals surface area contributed by atoms with Crippen molar-refractivity contribution < 1.29 is 4.79 Å². The van der Waals surface area contributed by atoms with Gasteiger partial charge in [0.2, 0.25) is 5.91 Å². The van der Waals surface area contributed by atoms with Crippen molar-refractivity contribution in [3.8, 4) is 0 Å². The number of rotatable bonds is 4. The summed E-state index contributed by atoms with van der Waals surface area (Å²) in [6, 6.07) is 6.15. The number of anilines is 1. The average Bonchev–Trinajstić information content (AvgIpc) is 2.81. The molecule has 2 aromatic heterocycles. The molecule has 6 heteroatoms. The first-order valence-corrected chi connectivity index (χ1v) is 9.20. The highest BCUT2D eigenvalue weighted by atomic mass is 16.1. The third kappa shape index (κ3) is 3.38. The van der Waals surface area contributed by atoms with Gasteiger partial charge >= 0.3 is 0 Å².